The fourth-order valence-corrected chi connectivity index (χ4v) is 4.82. The number of alkyl halides is 3. The van der Waals surface area contributed by atoms with Crippen LogP contribution in [0.3, 0.4) is 0 Å². The number of likely N-dealkylation sites (tertiary alicyclic amines) is 1. The summed E-state index contributed by atoms with van der Waals surface area (Å²) in [6.07, 6.45) is 7.02. The summed E-state index contributed by atoms with van der Waals surface area (Å²) in [5, 5.41) is 6.48. The summed E-state index contributed by atoms with van der Waals surface area (Å²) in [6, 6.07) is 0. The molecule has 0 bridgehead atoms. The van der Waals surface area contributed by atoms with Crippen molar-refractivity contribution in [2.24, 2.45) is 10.9 Å². The molecule has 0 aromatic rings. The molecule has 0 saturated carbocycles. The quantitative estimate of drug-likeness (QED) is 0.359. The first-order chi connectivity index (χ1) is 13.7. The zero-order chi connectivity index (χ0) is 21.3. The Morgan fingerprint density at radius 1 is 1.03 bits per heavy atom. The molecule has 0 spiro atoms. The van der Waals surface area contributed by atoms with Crippen LogP contribution in [-0.2, 0) is 10.0 Å². The van der Waals surface area contributed by atoms with Gasteiger partial charge in [0.2, 0.25) is 0 Å². The summed E-state index contributed by atoms with van der Waals surface area (Å²) in [6.45, 7) is 4.58. The Morgan fingerprint density at radius 2 is 1.66 bits per heavy atom. The third kappa shape index (κ3) is 7.60. The van der Waals surface area contributed by atoms with E-state index in [1.807, 2.05) is 0 Å². The van der Waals surface area contributed by atoms with Gasteiger partial charge in [-0.25, -0.2) is 8.42 Å². The minimum Gasteiger partial charge on any atom is -0.356 e. The lowest BCUT2D eigenvalue weighted by atomic mass is 9.98. The minimum atomic E-state index is -5.22. The number of hydrogen-bond donors (Lipinski definition) is 2. The monoisotopic (exact) mass is 441 g/mol. The second-order valence-electron chi connectivity index (χ2n) is 7.78. The SMILES string of the molecule is CN=C(NCCCN1CCCCCC1)NCC1CCN(S(=O)(=O)C(F)(F)F)CC1. The van der Waals surface area contributed by atoms with E-state index in [1.165, 1.54) is 38.8 Å². The third-order valence-electron chi connectivity index (χ3n) is 5.63. The molecule has 0 atom stereocenters. The van der Waals surface area contributed by atoms with Crippen molar-refractivity contribution in [3.05, 3.63) is 0 Å². The van der Waals surface area contributed by atoms with Crippen LogP contribution in [-0.4, -0.2) is 82.0 Å². The highest BCUT2D eigenvalue weighted by atomic mass is 32.2. The molecule has 2 heterocycles. The average Bonchev–Trinajstić information content (AvgIpc) is 2.96. The van der Waals surface area contributed by atoms with E-state index in [0.29, 0.717) is 29.7 Å². The summed E-state index contributed by atoms with van der Waals surface area (Å²) in [4.78, 5) is 6.69. The summed E-state index contributed by atoms with van der Waals surface area (Å²) in [7, 11) is -3.53. The van der Waals surface area contributed by atoms with Crippen LogP contribution in [0, 0.1) is 5.92 Å². The van der Waals surface area contributed by atoms with E-state index in [9.17, 15) is 21.6 Å². The van der Waals surface area contributed by atoms with E-state index in [4.69, 9.17) is 0 Å². The summed E-state index contributed by atoms with van der Waals surface area (Å²) < 4.78 is 61.4. The Bertz CT molecular complexity index is 611. The molecule has 2 N–H and O–H groups in total. The highest BCUT2D eigenvalue weighted by Crippen LogP contribution is 2.30. The molecule has 2 aliphatic rings. The predicted molar refractivity (Wildman–Crippen MR) is 108 cm³/mol. The van der Waals surface area contributed by atoms with Crippen molar-refractivity contribution in [2.75, 3.05) is 52.9 Å². The zero-order valence-electron chi connectivity index (χ0n) is 17.2. The second-order valence-corrected chi connectivity index (χ2v) is 9.71. The fraction of sp³-hybridized carbons (Fsp3) is 0.944. The van der Waals surface area contributed by atoms with E-state index in [2.05, 4.69) is 20.5 Å². The Balaban J connectivity index is 1.63. The molecular formula is C18H34F3N5O2S. The summed E-state index contributed by atoms with van der Waals surface area (Å²) in [5.74, 6) is 0.788. The van der Waals surface area contributed by atoms with E-state index >= 15 is 0 Å². The number of rotatable bonds is 7. The molecule has 2 aliphatic heterocycles. The molecular weight excluding hydrogens is 407 g/mol. The van der Waals surface area contributed by atoms with Gasteiger partial charge in [0.25, 0.3) is 0 Å². The molecule has 7 nitrogen and oxygen atoms in total. The van der Waals surface area contributed by atoms with Crippen LogP contribution in [0.15, 0.2) is 4.99 Å². The highest BCUT2D eigenvalue weighted by Gasteiger charge is 2.50. The maximum Gasteiger partial charge on any atom is 0.511 e. The molecule has 0 aromatic heterocycles. The third-order valence-corrected chi connectivity index (χ3v) is 7.26. The zero-order valence-corrected chi connectivity index (χ0v) is 18.0. The van der Waals surface area contributed by atoms with Gasteiger partial charge >= 0.3 is 15.5 Å². The Kier molecular flexibility index (Phi) is 9.48. The van der Waals surface area contributed by atoms with E-state index < -0.39 is 15.5 Å². The van der Waals surface area contributed by atoms with Gasteiger partial charge in [-0.15, -0.1) is 0 Å². The summed E-state index contributed by atoms with van der Waals surface area (Å²) in [5.41, 5.74) is -5.22. The topological polar surface area (TPSA) is 77.0 Å². The molecule has 170 valence electrons. The lowest BCUT2D eigenvalue weighted by Crippen LogP contribution is -2.47. The molecule has 0 aromatic carbocycles. The normalized spacial score (nSPS) is 21.7. The molecule has 29 heavy (non-hydrogen) atoms. The van der Waals surface area contributed by atoms with Gasteiger partial charge in [0.15, 0.2) is 5.96 Å². The van der Waals surface area contributed by atoms with Crippen LogP contribution in [0.25, 0.3) is 0 Å². The number of nitrogens with zero attached hydrogens (tertiary/aromatic N) is 3. The van der Waals surface area contributed by atoms with Crippen LogP contribution in [0.4, 0.5) is 13.2 Å². The van der Waals surface area contributed by atoms with Gasteiger partial charge < -0.3 is 15.5 Å². The molecule has 2 rings (SSSR count). The fourth-order valence-electron chi connectivity index (χ4n) is 3.83. The maximum absolute atomic E-state index is 12.6. The first kappa shape index (κ1) is 24.2. The standard InChI is InChI=1S/C18H34F3N5O2S/c1-22-17(23-9-6-12-25-10-4-2-3-5-11-25)24-15-16-7-13-26(14-8-16)29(27,28)18(19,20)21/h16H,2-15H2,1H3,(H2,22,23,24). The smallest absolute Gasteiger partial charge is 0.356 e. The van der Waals surface area contributed by atoms with Crippen LogP contribution in [0.5, 0.6) is 0 Å². The lowest BCUT2D eigenvalue weighted by Gasteiger charge is -2.31. The van der Waals surface area contributed by atoms with Crippen molar-refractivity contribution in [1.82, 2.24) is 19.8 Å². The highest BCUT2D eigenvalue weighted by molar-refractivity contribution is 7.90. The Hall–Kier alpha value is -1.07. The van der Waals surface area contributed by atoms with Crippen molar-refractivity contribution < 1.29 is 21.6 Å². The molecule has 11 heteroatoms. The van der Waals surface area contributed by atoms with Gasteiger partial charge in [-0.2, -0.15) is 17.5 Å². The number of halogens is 3. The second kappa shape index (κ2) is 11.4. The van der Waals surface area contributed by atoms with Gasteiger partial charge in [-0.3, -0.25) is 4.99 Å². The van der Waals surface area contributed by atoms with E-state index in [0.717, 1.165) is 19.5 Å². The van der Waals surface area contributed by atoms with E-state index in [-0.39, 0.29) is 19.0 Å². The van der Waals surface area contributed by atoms with Crippen molar-refractivity contribution in [3.63, 3.8) is 0 Å². The Labute approximate surface area is 172 Å². The van der Waals surface area contributed by atoms with Gasteiger partial charge in [0.1, 0.15) is 0 Å². The predicted octanol–water partition coefficient (Wildman–Crippen LogP) is 1.98. The minimum absolute atomic E-state index is 0.101. The van der Waals surface area contributed by atoms with Gasteiger partial charge in [0, 0.05) is 33.2 Å². The number of sulfonamides is 1. The maximum atomic E-state index is 12.6. The molecule has 2 fully saturated rings. The average molecular weight is 442 g/mol. The first-order valence-electron chi connectivity index (χ1n) is 10.5. The van der Waals surface area contributed by atoms with Crippen LogP contribution >= 0.6 is 0 Å². The number of piperidine rings is 1. The van der Waals surface area contributed by atoms with E-state index in [1.54, 1.807) is 7.05 Å². The molecule has 0 aliphatic carbocycles. The summed E-state index contributed by atoms with van der Waals surface area (Å²) >= 11 is 0. The van der Waals surface area contributed by atoms with Gasteiger partial charge in [-0.05, 0) is 57.7 Å². The van der Waals surface area contributed by atoms with Crippen molar-refractivity contribution >= 4 is 16.0 Å². The van der Waals surface area contributed by atoms with Crippen molar-refractivity contribution in [2.45, 2.75) is 50.5 Å². The molecule has 0 unspecified atom stereocenters. The van der Waals surface area contributed by atoms with Crippen molar-refractivity contribution in [1.29, 1.82) is 0 Å². The molecule has 0 amide bonds. The number of hydrogen-bond acceptors (Lipinski definition) is 4. The van der Waals surface area contributed by atoms with Crippen LogP contribution < -0.4 is 10.6 Å². The first-order valence-corrected chi connectivity index (χ1v) is 11.9. The number of nitrogens with one attached hydrogen (secondary N) is 2. The van der Waals surface area contributed by atoms with Gasteiger partial charge in [-0.1, -0.05) is 12.8 Å². The Morgan fingerprint density at radius 3 is 2.21 bits per heavy atom. The number of guanidine groups is 1. The van der Waals surface area contributed by atoms with Crippen molar-refractivity contribution in [3.8, 4) is 0 Å². The number of aliphatic imine (C=N–C) groups is 1. The van der Waals surface area contributed by atoms with Gasteiger partial charge in [0.05, 0.1) is 0 Å². The van der Waals surface area contributed by atoms with Crippen LogP contribution in [0.1, 0.15) is 44.9 Å². The lowest BCUT2D eigenvalue weighted by molar-refractivity contribution is -0.0496. The largest absolute Gasteiger partial charge is 0.511 e. The molecule has 0 radical (unpaired) electrons. The van der Waals surface area contributed by atoms with Crippen LogP contribution in [0.2, 0.25) is 0 Å². The molecule has 2 saturated heterocycles.